The summed E-state index contributed by atoms with van der Waals surface area (Å²) in [6.45, 7) is 8.78. The molecule has 1 unspecified atom stereocenters. The highest BCUT2D eigenvalue weighted by Gasteiger charge is 2.29. The van der Waals surface area contributed by atoms with E-state index >= 15 is 0 Å². The highest BCUT2D eigenvalue weighted by atomic mass is 16.5. The maximum Gasteiger partial charge on any atom is 0.248 e. The lowest BCUT2D eigenvalue weighted by Crippen LogP contribution is -2.46. The van der Waals surface area contributed by atoms with Crippen molar-refractivity contribution in [1.29, 1.82) is 0 Å². The summed E-state index contributed by atoms with van der Waals surface area (Å²) in [5.41, 5.74) is 5.34. The third-order valence-electron chi connectivity index (χ3n) is 2.81. The van der Waals surface area contributed by atoms with Crippen molar-refractivity contribution < 1.29 is 9.53 Å². The summed E-state index contributed by atoms with van der Waals surface area (Å²) >= 11 is 0. The summed E-state index contributed by atoms with van der Waals surface area (Å²) in [5, 5.41) is 2.74. The van der Waals surface area contributed by atoms with Crippen LogP contribution in [-0.2, 0) is 9.53 Å². The molecule has 0 spiro atoms. The molecule has 1 atom stereocenters. The smallest absolute Gasteiger partial charge is 0.248 e. The SMILES string of the molecule is CCNC(=O)C(C)OC(CC)(CC)CN. The second-order valence-electron chi connectivity index (χ2n) is 3.75. The summed E-state index contributed by atoms with van der Waals surface area (Å²) in [7, 11) is 0. The number of amides is 1. The van der Waals surface area contributed by atoms with Gasteiger partial charge in [0, 0.05) is 13.1 Å². The first-order valence-corrected chi connectivity index (χ1v) is 5.70. The Bertz CT molecular complexity index is 183. The zero-order valence-corrected chi connectivity index (χ0v) is 10.3. The van der Waals surface area contributed by atoms with Crippen LogP contribution >= 0.6 is 0 Å². The quantitative estimate of drug-likeness (QED) is 0.668. The van der Waals surface area contributed by atoms with Crippen LogP contribution in [0.15, 0.2) is 0 Å². The van der Waals surface area contributed by atoms with Crippen molar-refractivity contribution >= 4 is 5.91 Å². The molecular formula is C11H24N2O2. The third-order valence-corrected chi connectivity index (χ3v) is 2.81. The summed E-state index contributed by atoms with van der Waals surface area (Å²) in [5.74, 6) is -0.0720. The number of nitrogens with one attached hydrogen (secondary N) is 1. The Morgan fingerprint density at radius 3 is 2.27 bits per heavy atom. The van der Waals surface area contributed by atoms with Crippen molar-refractivity contribution in [2.75, 3.05) is 13.1 Å². The Balaban J connectivity index is 4.34. The Labute approximate surface area is 92.6 Å². The van der Waals surface area contributed by atoms with E-state index in [0.29, 0.717) is 13.1 Å². The van der Waals surface area contributed by atoms with Gasteiger partial charge in [-0.1, -0.05) is 13.8 Å². The lowest BCUT2D eigenvalue weighted by molar-refractivity contribution is -0.145. The van der Waals surface area contributed by atoms with Crippen LogP contribution in [0.25, 0.3) is 0 Å². The van der Waals surface area contributed by atoms with E-state index in [-0.39, 0.29) is 11.5 Å². The zero-order valence-electron chi connectivity index (χ0n) is 10.3. The van der Waals surface area contributed by atoms with E-state index in [2.05, 4.69) is 5.32 Å². The standard InChI is InChI=1S/C11H24N2O2/c1-5-11(6-2,8-12)15-9(4)10(14)13-7-3/h9H,5-8,12H2,1-4H3,(H,13,14). The number of hydrogen-bond acceptors (Lipinski definition) is 3. The number of hydrogen-bond donors (Lipinski definition) is 2. The van der Waals surface area contributed by atoms with E-state index in [1.807, 2.05) is 20.8 Å². The minimum atomic E-state index is -0.437. The first kappa shape index (κ1) is 14.4. The molecular weight excluding hydrogens is 192 g/mol. The number of carbonyl (C=O) groups excluding carboxylic acids is 1. The molecule has 4 heteroatoms. The van der Waals surface area contributed by atoms with Gasteiger partial charge in [-0.2, -0.15) is 0 Å². The molecule has 0 saturated carbocycles. The molecule has 0 aliphatic carbocycles. The number of rotatable bonds is 7. The summed E-state index contributed by atoms with van der Waals surface area (Å²) in [4.78, 5) is 11.5. The molecule has 0 aliphatic heterocycles. The van der Waals surface area contributed by atoms with Gasteiger partial charge in [0.1, 0.15) is 6.10 Å². The van der Waals surface area contributed by atoms with Crippen LogP contribution in [0.4, 0.5) is 0 Å². The van der Waals surface area contributed by atoms with Gasteiger partial charge < -0.3 is 15.8 Å². The second kappa shape index (κ2) is 6.80. The first-order chi connectivity index (χ1) is 7.05. The Morgan fingerprint density at radius 1 is 1.40 bits per heavy atom. The highest BCUT2D eigenvalue weighted by Crippen LogP contribution is 2.20. The number of likely N-dealkylation sites (N-methyl/N-ethyl adjacent to an activating group) is 1. The lowest BCUT2D eigenvalue weighted by Gasteiger charge is -2.33. The molecule has 1 amide bonds. The fourth-order valence-electron chi connectivity index (χ4n) is 1.50. The normalized spacial score (nSPS) is 13.7. The highest BCUT2D eigenvalue weighted by molar-refractivity contribution is 5.80. The van der Waals surface area contributed by atoms with Crippen LogP contribution in [0.2, 0.25) is 0 Å². The van der Waals surface area contributed by atoms with Crippen LogP contribution in [0.5, 0.6) is 0 Å². The van der Waals surface area contributed by atoms with E-state index in [1.165, 1.54) is 0 Å². The van der Waals surface area contributed by atoms with Gasteiger partial charge in [-0.3, -0.25) is 4.79 Å². The average Bonchev–Trinajstić information content (AvgIpc) is 2.26. The first-order valence-electron chi connectivity index (χ1n) is 5.70. The molecule has 4 nitrogen and oxygen atoms in total. The van der Waals surface area contributed by atoms with Crippen molar-refractivity contribution in [3.05, 3.63) is 0 Å². The Hall–Kier alpha value is -0.610. The predicted molar refractivity (Wildman–Crippen MR) is 61.6 cm³/mol. The summed E-state index contributed by atoms with van der Waals surface area (Å²) in [6, 6.07) is 0. The monoisotopic (exact) mass is 216 g/mol. The minimum absolute atomic E-state index is 0.0720. The molecule has 90 valence electrons. The van der Waals surface area contributed by atoms with E-state index in [1.54, 1.807) is 6.92 Å². The lowest BCUT2D eigenvalue weighted by atomic mass is 9.97. The molecule has 0 rings (SSSR count). The molecule has 0 fully saturated rings. The van der Waals surface area contributed by atoms with Crippen LogP contribution in [-0.4, -0.2) is 30.7 Å². The van der Waals surface area contributed by atoms with Gasteiger partial charge in [0.2, 0.25) is 5.91 Å². The van der Waals surface area contributed by atoms with Crippen molar-refractivity contribution in [2.45, 2.75) is 52.2 Å². The van der Waals surface area contributed by atoms with Crippen molar-refractivity contribution in [2.24, 2.45) is 5.73 Å². The van der Waals surface area contributed by atoms with E-state index in [4.69, 9.17) is 10.5 Å². The zero-order chi connectivity index (χ0) is 11.9. The molecule has 3 N–H and O–H groups in total. The van der Waals surface area contributed by atoms with Crippen molar-refractivity contribution in [3.63, 3.8) is 0 Å². The Kier molecular flexibility index (Phi) is 6.52. The second-order valence-corrected chi connectivity index (χ2v) is 3.75. The molecule has 0 heterocycles. The molecule has 0 radical (unpaired) electrons. The van der Waals surface area contributed by atoms with E-state index in [9.17, 15) is 4.79 Å². The Morgan fingerprint density at radius 2 is 1.93 bits per heavy atom. The van der Waals surface area contributed by atoms with Crippen LogP contribution in [0.3, 0.4) is 0 Å². The molecule has 15 heavy (non-hydrogen) atoms. The van der Waals surface area contributed by atoms with Gasteiger partial charge in [0.15, 0.2) is 0 Å². The molecule has 0 aromatic heterocycles. The van der Waals surface area contributed by atoms with Gasteiger partial charge >= 0.3 is 0 Å². The fraction of sp³-hybridized carbons (Fsp3) is 0.909. The van der Waals surface area contributed by atoms with E-state index in [0.717, 1.165) is 12.8 Å². The maximum atomic E-state index is 11.5. The molecule has 0 bridgehead atoms. The van der Waals surface area contributed by atoms with Crippen LogP contribution < -0.4 is 11.1 Å². The third kappa shape index (κ3) is 4.18. The topological polar surface area (TPSA) is 64.3 Å². The molecule has 0 saturated heterocycles. The van der Waals surface area contributed by atoms with Crippen molar-refractivity contribution in [1.82, 2.24) is 5.32 Å². The molecule has 0 aromatic carbocycles. The molecule has 0 aromatic rings. The van der Waals surface area contributed by atoms with E-state index < -0.39 is 6.10 Å². The van der Waals surface area contributed by atoms with Gasteiger partial charge in [0.05, 0.1) is 5.60 Å². The van der Waals surface area contributed by atoms with Gasteiger partial charge in [0.25, 0.3) is 0 Å². The van der Waals surface area contributed by atoms with Crippen LogP contribution in [0.1, 0.15) is 40.5 Å². The van der Waals surface area contributed by atoms with Gasteiger partial charge in [-0.25, -0.2) is 0 Å². The predicted octanol–water partition coefficient (Wildman–Crippen LogP) is 1.05. The fourth-order valence-corrected chi connectivity index (χ4v) is 1.50. The number of nitrogens with two attached hydrogens (primary N) is 1. The maximum absolute atomic E-state index is 11.5. The number of ether oxygens (including phenoxy) is 1. The largest absolute Gasteiger partial charge is 0.361 e. The summed E-state index contributed by atoms with van der Waals surface area (Å²) < 4.78 is 5.76. The number of carbonyl (C=O) groups is 1. The van der Waals surface area contributed by atoms with Crippen molar-refractivity contribution in [3.8, 4) is 0 Å². The van der Waals surface area contributed by atoms with Gasteiger partial charge in [-0.15, -0.1) is 0 Å². The summed E-state index contributed by atoms with van der Waals surface area (Å²) in [6.07, 6.45) is 1.21. The molecule has 0 aliphatic rings. The average molecular weight is 216 g/mol. The van der Waals surface area contributed by atoms with Crippen LogP contribution in [0, 0.1) is 0 Å². The van der Waals surface area contributed by atoms with Gasteiger partial charge in [-0.05, 0) is 26.7 Å². The minimum Gasteiger partial charge on any atom is -0.361 e.